The van der Waals surface area contributed by atoms with Crippen LogP contribution in [0.3, 0.4) is 0 Å². The van der Waals surface area contributed by atoms with Crippen LogP contribution < -0.4 is 15.4 Å². The molecule has 0 saturated carbocycles. The second-order valence-corrected chi connectivity index (χ2v) is 8.44. The number of carbonyl (C=O) groups excluding carboxylic acids is 1. The minimum Gasteiger partial charge on any atom is -0.495 e. The van der Waals surface area contributed by atoms with Gasteiger partial charge in [0.25, 0.3) is 5.91 Å². The average Bonchev–Trinajstić information content (AvgIpc) is 3.31. The smallest absolute Gasteiger partial charge is 0.251 e. The summed E-state index contributed by atoms with van der Waals surface area (Å²) < 4.78 is 7.28. The van der Waals surface area contributed by atoms with Crippen LogP contribution in [0.25, 0.3) is 0 Å². The number of carbonyl (C=O) groups is 1. The summed E-state index contributed by atoms with van der Waals surface area (Å²) in [5.41, 5.74) is 2.27. The molecule has 0 radical (unpaired) electrons. The lowest BCUT2D eigenvalue weighted by atomic mass is 9.99. The Morgan fingerprint density at radius 2 is 1.97 bits per heavy atom. The van der Waals surface area contributed by atoms with E-state index in [0.29, 0.717) is 22.8 Å². The van der Waals surface area contributed by atoms with Crippen molar-refractivity contribution in [2.75, 3.05) is 39.1 Å². The third-order valence-corrected chi connectivity index (χ3v) is 6.31. The van der Waals surface area contributed by atoms with Gasteiger partial charge in [-0.3, -0.25) is 19.5 Å². The quantitative estimate of drug-likeness (QED) is 0.478. The number of amides is 1. The third-order valence-electron chi connectivity index (χ3n) is 5.88. The van der Waals surface area contributed by atoms with Crippen molar-refractivity contribution in [2.24, 2.45) is 15.9 Å². The zero-order valence-corrected chi connectivity index (χ0v) is 21.0. The number of anilines is 1. The van der Waals surface area contributed by atoms with Crippen molar-refractivity contribution in [3.63, 3.8) is 0 Å². The Labute approximate surface area is 206 Å². The highest BCUT2D eigenvalue weighted by atomic mass is 35.5. The lowest BCUT2D eigenvalue weighted by molar-refractivity contribution is 0.0962. The van der Waals surface area contributed by atoms with Crippen molar-refractivity contribution in [1.82, 2.24) is 20.0 Å². The summed E-state index contributed by atoms with van der Waals surface area (Å²) in [6, 6.07) is 3.46. The molecule has 1 aliphatic heterocycles. The van der Waals surface area contributed by atoms with E-state index in [1.165, 1.54) is 0 Å². The maximum Gasteiger partial charge on any atom is 0.251 e. The lowest BCUT2D eigenvalue weighted by Gasteiger charge is -2.18. The van der Waals surface area contributed by atoms with Crippen molar-refractivity contribution < 1.29 is 9.53 Å². The van der Waals surface area contributed by atoms with Gasteiger partial charge in [0.15, 0.2) is 0 Å². The van der Waals surface area contributed by atoms with Crippen LogP contribution in [0.1, 0.15) is 36.2 Å². The maximum atomic E-state index is 12.1. The second kappa shape index (κ2) is 12.5. The van der Waals surface area contributed by atoms with Crippen molar-refractivity contribution in [3.8, 4) is 5.75 Å². The molecule has 1 aromatic heterocycles. The van der Waals surface area contributed by atoms with E-state index < -0.39 is 0 Å². The first-order valence-corrected chi connectivity index (χ1v) is 12.0. The standard InChI is InChI=1S/C24H34ClN7O2/c1-5-31(6-2)9-10-32-16-20(15-29-32)30-24-27-13-17(14-28-24)7-8-18-11-19(23(33)26-3)12-21(34-4)22(18)25/h11-17,24,30H,5-10H2,1-4H3,(H,26,33). The molecule has 2 heterocycles. The Kier molecular flexibility index (Phi) is 9.47. The average molecular weight is 488 g/mol. The number of ether oxygens (including phenoxy) is 1. The highest BCUT2D eigenvalue weighted by molar-refractivity contribution is 6.33. The minimum absolute atomic E-state index is 0.0839. The molecule has 1 aromatic carbocycles. The third kappa shape index (κ3) is 6.80. The van der Waals surface area contributed by atoms with Crippen LogP contribution in [0.4, 0.5) is 5.69 Å². The molecule has 3 rings (SSSR count). The van der Waals surface area contributed by atoms with Crippen LogP contribution in [0.5, 0.6) is 5.75 Å². The fourth-order valence-corrected chi connectivity index (χ4v) is 4.04. The van der Waals surface area contributed by atoms with Gasteiger partial charge in [0, 0.05) is 43.7 Å². The number of aliphatic imine (C=N–C) groups is 2. The molecule has 10 heteroatoms. The number of rotatable bonds is 12. The van der Waals surface area contributed by atoms with E-state index in [0.717, 1.165) is 43.9 Å². The molecule has 0 saturated heterocycles. The summed E-state index contributed by atoms with van der Waals surface area (Å²) in [5.74, 6) is 0.397. The van der Waals surface area contributed by atoms with Crippen LogP contribution >= 0.6 is 11.6 Å². The highest BCUT2D eigenvalue weighted by Crippen LogP contribution is 2.31. The van der Waals surface area contributed by atoms with E-state index in [1.54, 1.807) is 26.4 Å². The molecule has 34 heavy (non-hydrogen) atoms. The van der Waals surface area contributed by atoms with E-state index in [4.69, 9.17) is 16.3 Å². The molecule has 0 fully saturated rings. The van der Waals surface area contributed by atoms with E-state index in [9.17, 15) is 4.79 Å². The lowest BCUT2D eigenvalue weighted by Crippen LogP contribution is -2.27. The van der Waals surface area contributed by atoms with E-state index in [-0.39, 0.29) is 18.1 Å². The monoisotopic (exact) mass is 487 g/mol. The summed E-state index contributed by atoms with van der Waals surface area (Å²) in [6.45, 7) is 8.22. The van der Waals surface area contributed by atoms with Crippen LogP contribution in [-0.4, -0.2) is 73.1 Å². The Morgan fingerprint density at radius 1 is 1.24 bits per heavy atom. The predicted molar refractivity (Wildman–Crippen MR) is 138 cm³/mol. The van der Waals surface area contributed by atoms with Gasteiger partial charge >= 0.3 is 0 Å². The number of likely N-dealkylation sites (N-methyl/N-ethyl adjacent to an activating group) is 1. The van der Waals surface area contributed by atoms with Crippen LogP contribution in [0.15, 0.2) is 34.5 Å². The number of aryl methyl sites for hydroxylation is 1. The SMILES string of the molecule is CCN(CC)CCn1cc(NC2N=CC(CCc3cc(C(=O)NC)cc(OC)c3Cl)C=N2)cn1. The molecule has 0 aliphatic carbocycles. The summed E-state index contributed by atoms with van der Waals surface area (Å²) in [7, 11) is 3.14. The Bertz CT molecular complexity index is 1000. The second-order valence-electron chi connectivity index (χ2n) is 8.07. The molecule has 2 N–H and O–H groups in total. The van der Waals surface area contributed by atoms with Crippen molar-refractivity contribution in [2.45, 2.75) is 39.5 Å². The number of nitrogens with one attached hydrogen (secondary N) is 2. The van der Waals surface area contributed by atoms with Gasteiger partial charge in [-0.1, -0.05) is 25.4 Å². The molecule has 9 nitrogen and oxygen atoms in total. The van der Waals surface area contributed by atoms with Gasteiger partial charge in [0.05, 0.1) is 30.6 Å². The molecular weight excluding hydrogens is 454 g/mol. The van der Waals surface area contributed by atoms with Gasteiger partial charge in [-0.25, -0.2) is 0 Å². The zero-order chi connectivity index (χ0) is 24.5. The van der Waals surface area contributed by atoms with E-state index >= 15 is 0 Å². The number of hydrogen-bond acceptors (Lipinski definition) is 7. The first-order chi connectivity index (χ1) is 16.5. The van der Waals surface area contributed by atoms with Crippen molar-refractivity contribution >= 4 is 35.6 Å². The van der Waals surface area contributed by atoms with Gasteiger partial charge < -0.3 is 20.3 Å². The van der Waals surface area contributed by atoms with Crippen molar-refractivity contribution in [1.29, 1.82) is 0 Å². The number of halogens is 1. The number of methoxy groups -OCH3 is 1. The van der Waals surface area contributed by atoms with Crippen LogP contribution in [0.2, 0.25) is 5.02 Å². The molecule has 0 spiro atoms. The fraction of sp³-hybridized carbons (Fsp3) is 0.500. The molecule has 1 amide bonds. The molecule has 1 aliphatic rings. The highest BCUT2D eigenvalue weighted by Gasteiger charge is 2.17. The maximum absolute atomic E-state index is 12.1. The largest absolute Gasteiger partial charge is 0.495 e. The van der Waals surface area contributed by atoms with E-state index in [1.807, 2.05) is 29.4 Å². The van der Waals surface area contributed by atoms with Gasteiger partial charge in [0.2, 0.25) is 6.29 Å². The van der Waals surface area contributed by atoms with Crippen LogP contribution in [-0.2, 0) is 13.0 Å². The Morgan fingerprint density at radius 3 is 2.62 bits per heavy atom. The molecule has 0 unspecified atom stereocenters. The summed E-state index contributed by atoms with van der Waals surface area (Å²) in [4.78, 5) is 23.5. The van der Waals surface area contributed by atoms with Gasteiger partial charge in [-0.05, 0) is 43.6 Å². The first-order valence-electron chi connectivity index (χ1n) is 11.6. The number of benzene rings is 1. The summed E-state index contributed by atoms with van der Waals surface area (Å²) in [5, 5.41) is 10.9. The van der Waals surface area contributed by atoms with Crippen molar-refractivity contribution in [3.05, 3.63) is 40.7 Å². The van der Waals surface area contributed by atoms with E-state index in [2.05, 4.69) is 44.5 Å². The Hall–Kier alpha value is -2.91. The summed E-state index contributed by atoms with van der Waals surface area (Å²) >= 11 is 6.47. The number of hydrogen-bond donors (Lipinski definition) is 2. The molecule has 2 aromatic rings. The molecule has 0 atom stereocenters. The van der Waals surface area contributed by atoms with Gasteiger partial charge in [-0.15, -0.1) is 0 Å². The zero-order valence-electron chi connectivity index (χ0n) is 20.3. The Balaban J connectivity index is 1.53. The topological polar surface area (TPSA) is 96.1 Å². The minimum atomic E-state index is -0.364. The number of nitrogens with zero attached hydrogens (tertiary/aromatic N) is 5. The van der Waals surface area contributed by atoms with Gasteiger partial charge in [0.1, 0.15) is 5.75 Å². The van der Waals surface area contributed by atoms with Gasteiger partial charge in [-0.2, -0.15) is 5.10 Å². The molecule has 184 valence electrons. The molecule has 0 bridgehead atoms. The fourth-order valence-electron chi connectivity index (χ4n) is 3.76. The van der Waals surface area contributed by atoms with Crippen LogP contribution in [0, 0.1) is 5.92 Å². The first kappa shape index (κ1) is 25.7. The number of aromatic nitrogens is 2. The normalized spacial score (nSPS) is 17.2. The predicted octanol–water partition coefficient (Wildman–Crippen LogP) is 3.35. The summed E-state index contributed by atoms with van der Waals surface area (Å²) in [6.07, 6.45) is 8.66. The molecular formula is C24H34ClN7O2.